The van der Waals surface area contributed by atoms with Gasteiger partial charge < -0.3 is 9.88 Å². The molecule has 1 saturated heterocycles. The highest BCUT2D eigenvalue weighted by molar-refractivity contribution is 5.93. The van der Waals surface area contributed by atoms with Crippen LogP contribution in [0.4, 0.5) is 10.1 Å². The molecule has 5 rings (SSSR count). The molecule has 0 bridgehead atoms. The molecule has 1 fully saturated rings. The van der Waals surface area contributed by atoms with Crippen LogP contribution < -0.4 is 5.32 Å². The average molecular weight is 470 g/mol. The van der Waals surface area contributed by atoms with Gasteiger partial charge in [-0.25, -0.2) is 4.39 Å². The largest absolute Gasteiger partial charge is 0.339 e. The molecule has 0 aliphatic carbocycles. The number of para-hydroxylation sites is 1. The monoisotopic (exact) mass is 469 g/mol. The molecule has 3 aromatic carbocycles. The van der Waals surface area contributed by atoms with Crippen LogP contribution >= 0.6 is 0 Å². The third kappa shape index (κ3) is 5.15. The summed E-state index contributed by atoms with van der Waals surface area (Å²) in [6.45, 7) is 7.33. The number of aromatic nitrogens is 1. The van der Waals surface area contributed by atoms with Gasteiger partial charge >= 0.3 is 0 Å². The van der Waals surface area contributed by atoms with Crippen LogP contribution in [0, 0.1) is 25.6 Å². The number of carbonyl (C=O) groups is 1. The summed E-state index contributed by atoms with van der Waals surface area (Å²) in [4.78, 5) is 15.4. The Labute approximate surface area is 206 Å². The van der Waals surface area contributed by atoms with Gasteiger partial charge in [0.25, 0.3) is 0 Å². The number of hydrogen-bond acceptors (Lipinski definition) is 2. The maximum Gasteiger partial charge on any atom is 0.227 e. The molecule has 1 aromatic heterocycles. The van der Waals surface area contributed by atoms with Crippen LogP contribution in [0.25, 0.3) is 10.9 Å². The first kappa shape index (κ1) is 23.3. The Hall–Kier alpha value is -3.44. The van der Waals surface area contributed by atoms with Crippen molar-refractivity contribution < 1.29 is 9.18 Å². The fraction of sp³-hybridized carbons (Fsp3) is 0.300. The van der Waals surface area contributed by atoms with Gasteiger partial charge in [0.05, 0.1) is 0 Å². The van der Waals surface area contributed by atoms with Gasteiger partial charge in [-0.15, -0.1) is 0 Å². The van der Waals surface area contributed by atoms with Crippen LogP contribution in [-0.2, 0) is 17.9 Å². The molecule has 2 heterocycles. The first-order valence-corrected chi connectivity index (χ1v) is 12.4. The van der Waals surface area contributed by atoms with Crippen molar-refractivity contribution in [2.45, 2.75) is 39.8 Å². The molecule has 35 heavy (non-hydrogen) atoms. The van der Waals surface area contributed by atoms with Crippen LogP contribution in [0.1, 0.15) is 35.2 Å². The van der Waals surface area contributed by atoms with E-state index in [-0.39, 0.29) is 17.6 Å². The molecule has 0 spiro atoms. The van der Waals surface area contributed by atoms with Crippen molar-refractivity contribution in [3.8, 4) is 0 Å². The fourth-order valence-corrected chi connectivity index (χ4v) is 5.11. The van der Waals surface area contributed by atoms with Gasteiger partial charge in [0.15, 0.2) is 0 Å². The van der Waals surface area contributed by atoms with E-state index < -0.39 is 0 Å². The second kappa shape index (κ2) is 10.0. The molecule has 1 aliphatic rings. The molecule has 5 heteroatoms. The van der Waals surface area contributed by atoms with Crippen LogP contribution in [0.2, 0.25) is 0 Å². The quantitative estimate of drug-likeness (QED) is 0.360. The standard InChI is InChI=1S/C30H32FN3O/c1-21-7-5-11-28(22(21)2)32-30(35)24-13-15-33(16-14-24)20-27-18-25-9-3-4-12-29(25)34(27)19-23-8-6-10-26(31)17-23/h3-12,17-18,24H,13-16,19-20H2,1-2H3,(H,32,35). The highest BCUT2D eigenvalue weighted by Gasteiger charge is 2.26. The normalized spacial score (nSPS) is 14.9. The molecular formula is C30H32FN3O. The molecule has 1 aliphatic heterocycles. The van der Waals surface area contributed by atoms with Crippen LogP contribution in [0.5, 0.6) is 0 Å². The summed E-state index contributed by atoms with van der Waals surface area (Å²) in [7, 11) is 0. The molecule has 0 radical (unpaired) electrons. The second-order valence-corrected chi connectivity index (χ2v) is 9.70. The summed E-state index contributed by atoms with van der Waals surface area (Å²) in [5.74, 6) is -0.0513. The lowest BCUT2D eigenvalue weighted by Gasteiger charge is -2.31. The van der Waals surface area contributed by atoms with Gasteiger partial charge in [-0.2, -0.15) is 0 Å². The fourth-order valence-electron chi connectivity index (χ4n) is 5.11. The van der Waals surface area contributed by atoms with E-state index in [0.717, 1.165) is 54.8 Å². The lowest BCUT2D eigenvalue weighted by Crippen LogP contribution is -2.38. The maximum atomic E-state index is 13.8. The lowest BCUT2D eigenvalue weighted by atomic mass is 9.95. The molecule has 0 atom stereocenters. The topological polar surface area (TPSA) is 37.3 Å². The number of amides is 1. The predicted molar refractivity (Wildman–Crippen MR) is 140 cm³/mol. The number of nitrogens with one attached hydrogen (secondary N) is 1. The van der Waals surface area contributed by atoms with E-state index in [0.29, 0.717) is 6.54 Å². The first-order valence-electron chi connectivity index (χ1n) is 12.4. The molecule has 180 valence electrons. The van der Waals surface area contributed by atoms with E-state index in [1.165, 1.54) is 22.7 Å². The smallest absolute Gasteiger partial charge is 0.227 e. The van der Waals surface area contributed by atoms with E-state index in [1.807, 2.05) is 24.3 Å². The zero-order chi connectivity index (χ0) is 24.4. The minimum atomic E-state index is -0.207. The van der Waals surface area contributed by atoms with Crippen molar-refractivity contribution in [2.75, 3.05) is 18.4 Å². The van der Waals surface area contributed by atoms with Crippen molar-refractivity contribution in [2.24, 2.45) is 5.92 Å². The highest BCUT2D eigenvalue weighted by Crippen LogP contribution is 2.26. The van der Waals surface area contributed by atoms with E-state index in [1.54, 1.807) is 12.1 Å². The van der Waals surface area contributed by atoms with Gasteiger partial charge in [-0.3, -0.25) is 9.69 Å². The Morgan fingerprint density at radius 2 is 1.71 bits per heavy atom. The number of halogens is 1. The molecule has 1 N–H and O–H groups in total. The SMILES string of the molecule is Cc1cccc(NC(=O)C2CCN(Cc3cc4ccccc4n3Cc3cccc(F)c3)CC2)c1C. The van der Waals surface area contributed by atoms with Gasteiger partial charge in [0.2, 0.25) is 5.91 Å². The minimum Gasteiger partial charge on any atom is -0.339 e. The van der Waals surface area contributed by atoms with Crippen molar-refractivity contribution >= 4 is 22.5 Å². The Bertz CT molecular complexity index is 1350. The van der Waals surface area contributed by atoms with Crippen LogP contribution in [-0.4, -0.2) is 28.5 Å². The molecule has 0 unspecified atom stereocenters. The van der Waals surface area contributed by atoms with E-state index in [2.05, 4.69) is 59.0 Å². The number of hydrogen-bond donors (Lipinski definition) is 1. The number of nitrogens with zero attached hydrogens (tertiary/aromatic N) is 2. The third-order valence-corrected chi connectivity index (χ3v) is 7.33. The minimum absolute atomic E-state index is 0.0318. The summed E-state index contributed by atoms with van der Waals surface area (Å²) in [6, 6.07) is 23.5. The Morgan fingerprint density at radius 3 is 2.51 bits per heavy atom. The maximum absolute atomic E-state index is 13.8. The lowest BCUT2D eigenvalue weighted by molar-refractivity contribution is -0.121. The molecular weight excluding hydrogens is 437 g/mol. The zero-order valence-electron chi connectivity index (χ0n) is 20.4. The Balaban J connectivity index is 1.27. The van der Waals surface area contributed by atoms with Crippen molar-refractivity contribution in [1.82, 2.24) is 9.47 Å². The van der Waals surface area contributed by atoms with Gasteiger partial charge in [0, 0.05) is 35.9 Å². The van der Waals surface area contributed by atoms with Gasteiger partial charge in [-0.1, -0.05) is 42.5 Å². The summed E-state index contributed by atoms with van der Waals surface area (Å²) in [5, 5.41) is 4.35. The third-order valence-electron chi connectivity index (χ3n) is 7.33. The number of anilines is 1. The molecule has 4 nitrogen and oxygen atoms in total. The van der Waals surface area contributed by atoms with Crippen LogP contribution in [0.3, 0.4) is 0 Å². The van der Waals surface area contributed by atoms with Crippen molar-refractivity contribution in [3.05, 3.63) is 101 Å². The van der Waals surface area contributed by atoms with E-state index in [4.69, 9.17) is 0 Å². The molecule has 0 saturated carbocycles. The number of carbonyl (C=O) groups excluding carboxylic acids is 1. The molecule has 1 amide bonds. The Kier molecular flexibility index (Phi) is 6.69. The van der Waals surface area contributed by atoms with Crippen LogP contribution in [0.15, 0.2) is 72.8 Å². The average Bonchev–Trinajstić information content (AvgIpc) is 3.19. The van der Waals surface area contributed by atoms with E-state index in [9.17, 15) is 9.18 Å². The van der Waals surface area contributed by atoms with Gasteiger partial charge in [-0.05, 0) is 92.2 Å². The van der Waals surface area contributed by atoms with Crippen molar-refractivity contribution in [3.63, 3.8) is 0 Å². The highest BCUT2D eigenvalue weighted by atomic mass is 19.1. The number of rotatable bonds is 6. The summed E-state index contributed by atoms with van der Waals surface area (Å²) >= 11 is 0. The number of fused-ring (bicyclic) bond motifs is 1. The number of piperidine rings is 1. The Morgan fingerprint density at radius 1 is 0.943 bits per heavy atom. The summed E-state index contributed by atoms with van der Waals surface area (Å²) in [6.07, 6.45) is 1.70. The number of benzene rings is 3. The summed E-state index contributed by atoms with van der Waals surface area (Å²) < 4.78 is 16.1. The number of aryl methyl sites for hydroxylation is 1. The zero-order valence-corrected chi connectivity index (χ0v) is 20.4. The first-order chi connectivity index (χ1) is 17.0. The summed E-state index contributed by atoms with van der Waals surface area (Å²) in [5.41, 5.74) is 6.56. The van der Waals surface area contributed by atoms with E-state index >= 15 is 0 Å². The van der Waals surface area contributed by atoms with Crippen molar-refractivity contribution in [1.29, 1.82) is 0 Å². The second-order valence-electron chi connectivity index (χ2n) is 9.70. The molecule has 4 aromatic rings. The predicted octanol–water partition coefficient (Wildman–Crippen LogP) is 6.30. The van der Waals surface area contributed by atoms with Gasteiger partial charge in [0.1, 0.15) is 5.82 Å². The number of likely N-dealkylation sites (tertiary alicyclic amines) is 1.